The summed E-state index contributed by atoms with van der Waals surface area (Å²) in [5.41, 5.74) is 1.27. The van der Waals surface area contributed by atoms with Gasteiger partial charge < -0.3 is 9.84 Å². The van der Waals surface area contributed by atoms with Crippen LogP contribution in [0, 0.1) is 28.1 Å². The Balaban J connectivity index is 2.01. The molecular weight excluding hydrogens is 288 g/mol. The Bertz CT molecular complexity index is 525. The SMILES string of the molecule is COC(=O)C1(C)CCCC2(C)C3=CCCC(C)(CO)C3CCC12. The highest BCUT2D eigenvalue weighted by molar-refractivity contribution is 5.77. The summed E-state index contributed by atoms with van der Waals surface area (Å²) in [5.74, 6) is 0.801. The monoisotopic (exact) mass is 320 g/mol. The lowest BCUT2D eigenvalue weighted by Gasteiger charge is -2.59. The maximum Gasteiger partial charge on any atom is 0.311 e. The summed E-state index contributed by atoms with van der Waals surface area (Å²) in [6.45, 7) is 7.01. The Hall–Kier alpha value is -0.830. The number of carbonyl (C=O) groups excluding carboxylic acids is 1. The average molecular weight is 320 g/mol. The fraction of sp³-hybridized carbons (Fsp3) is 0.850. The molecule has 2 fully saturated rings. The van der Waals surface area contributed by atoms with Crippen LogP contribution in [0.2, 0.25) is 0 Å². The maximum absolute atomic E-state index is 12.5. The summed E-state index contributed by atoms with van der Waals surface area (Å²) >= 11 is 0. The molecule has 0 aromatic rings. The summed E-state index contributed by atoms with van der Waals surface area (Å²) in [6.07, 6.45) is 9.92. The van der Waals surface area contributed by atoms with Crippen LogP contribution in [0.15, 0.2) is 11.6 Å². The highest BCUT2D eigenvalue weighted by Gasteiger charge is 2.59. The molecule has 3 heteroatoms. The van der Waals surface area contributed by atoms with Gasteiger partial charge in [0.05, 0.1) is 12.5 Å². The number of fused-ring (bicyclic) bond motifs is 3. The second kappa shape index (κ2) is 5.61. The maximum atomic E-state index is 12.5. The van der Waals surface area contributed by atoms with E-state index in [0.717, 1.165) is 44.9 Å². The first-order valence-corrected chi connectivity index (χ1v) is 9.22. The molecule has 0 heterocycles. The summed E-state index contributed by atoms with van der Waals surface area (Å²) in [7, 11) is 1.52. The van der Waals surface area contributed by atoms with Crippen LogP contribution in [0.1, 0.15) is 65.7 Å². The standard InChI is InChI=1S/C20H32O3/c1-18(13-21)10-5-7-15-14(18)8-9-16-19(15,2)11-6-12-20(16,3)17(22)23-4/h7,14,16,21H,5-6,8-13H2,1-4H3. The number of hydrogen-bond donors (Lipinski definition) is 1. The molecule has 0 saturated heterocycles. The van der Waals surface area contributed by atoms with Crippen LogP contribution < -0.4 is 0 Å². The van der Waals surface area contributed by atoms with Gasteiger partial charge in [0.1, 0.15) is 0 Å². The van der Waals surface area contributed by atoms with Gasteiger partial charge in [0.25, 0.3) is 0 Å². The van der Waals surface area contributed by atoms with Crippen LogP contribution in [-0.2, 0) is 9.53 Å². The molecule has 3 aliphatic carbocycles. The summed E-state index contributed by atoms with van der Waals surface area (Å²) in [6, 6.07) is 0. The zero-order valence-electron chi connectivity index (χ0n) is 15.2. The molecule has 3 rings (SSSR count). The zero-order chi connectivity index (χ0) is 16.9. The molecule has 23 heavy (non-hydrogen) atoms. The van der Waals surface area contributed by atoms with E-state index in [9.17, 15) is 9.90 Å². The smallest absolute Gasteiger partial charge is 0.311 e. The van der Waals surface area contributed by atoms with Crippen molar-refractivity contribution >= 4 is 5.97 Å². The highest BCUT2D eigenvalue weighted by atomic mass is 16.5. The van der Waals surface area contributed by atoms with Gasteiger partial charge in [-0.05, 0) is 68.1 Å². The molecule has 0 aliphatic heterocycles. The van der Waals surface area contributed by atoms with Crippen molar-refractivity contribution in [1.29, 1.82) is 0 Å². The first kappa shape index (κ1) is 17.0. The Morgan fingerprint density at radius 1 is 1.26 bits per heavy atom. The van der Waals surface area contributed by atoms with Gasteiger partial charge in [-0.3, -0.25) is 4.79 Å². The van der Waals surface area contributed by atoms with Crippen molar-refractivity contribution in [3.8, 4) is 0 Å². The van der Waals surface area contributed by atoms with Crippen molar-refractivity contribution in [3.63, 3.8) is 0 Å². The van der Waals surface area contributed by atoms with Gasteiger partial charge in [0.2, 0.25) is 0 Å². The molecule has 0 aromatic heterocycles. The molecule has 0 amide bonds. The minimum Gasteiger partial charge on any atom is -0.469 e. The first-order chi connectivity index (χ1) is 10.8. The van der Waals surface area contributed by atoms with E-state index < -0.39 is 0 Å². The number of aliphatic hydroxyl groups excluding tert-OH is 1. The number of rotatable bonds is 2. The number of allylic oxidation sites excluding steroid dienone is 2. The Morgan fingerprint density at radius 2 is 2.00 bits per heavy atom. The van der Waals surface area contributed by atoms with Gasteiger partial charge in [-0.2, -0.15) is 0 Å². The first-order valence-electron chi connectivity index (χ1n) is 9.22. The quantitative estimate of drug-likeness (QED) is 0.615. The van der Waals surface area contributed by atoms with Crippen molar-refractivity contribution in [3.05, 3.63) is 11.6 Å². The normalized spacial score (nSPS) is 46.4. The molecule has 0 spiro atoms. The third kappa shape index (κ3) is 2.30. The van der Waals surface area contributed by atoms with Crippen molar-refractivity contribution in [1.82, 2.24) is 0 Å². The topological polar surface area (TPSA) is 46.5 Å². The minimum absolute atomic E-state index is 0.0111. The molecule has 1 N–H and O–H groups in total. The molecule has 130 valence electrons. The Labute approximate surface area is 140 Å². The molecule has 3 aliphatic rings. The van der Waals surface area contributed by atoms with Crippen molar-refractivity contribution in [2.75, 3.05) is 13.7 Å². The van der Waals surface area contributed by atoms with Crippen molar-refractivity contribution < 1.29 is 14.6 Å². The highest BCUT2D eigenvalue weighted by Crippen LogP contribution is 2.65. The van der Waals surface area contributed by atoms with E-state index in [1.165, 1.54) is 12.7 Å². The van der Waals surface area contributed by atoms with Gasteiger partial charge in [-0.15, -0.1) is 0 Å². The minimum atomic E-state index is -0.360. The van der Waals surface area contributed by atoms with Gasteiger partial charge in [-0.25, -0.2) is 0 Å². The van der Waals surface area contributed by atoms with E-state index in [2.05, 4.69) is 26.8 Å². The second-order valence-electron chi connectivity index (χ2n) is 8.87. The fourth-order valence-electron chi connectivity index (χ4n) is 6.24. The molecule has 3 nitrogen and oxygen atoms in total. The van der Waals surface area contributed by atoms with Gasteiger partial charge >= 0.3 is 5.97 Å². The van der Waals surface area contributed by atoms with E-state index >= 15 is 0 Å². The molecule has 5 atom stereocenters. The molecule has 2 saturated carbocycles. The van der Waals surface area contributed by atoms with E-state index in [-0.39, 0.29) is 28.8 Å². The number of aliphatic hydroxyl groups is 1. The lowest BCUT2D eigenvalue weighted by Crippen LogP contribution is -2.54. The molecule has 0 aromatic carbocycles. The van der Waals surface area contributed by atoms with Gasteiger partial charge in [0.15, 0.2) is 0 Å². The summed E-state index contributed by atoms with van der Waals surface area (Å²) in [4.78, 5) is 12.5. The lowest BCUT2D eigenvalue weighted by molar-refractivity contribution is -0.165. The van der Waals surface area contributed by atoms with Crippen LogP contribution >= 0.6 is 0 Å². The van der Waals surface area contributed by atoms with E-state index in [4.69, 9.17) is 4.74 Å². The van der Waals surface area contributed by atoms with Crippen molar-refractivity contribution in [2.45, 2.75) is 65.7 Å². The molecular formula is C20H32O3. The largest absolute Gasteiger partial charge is 0.469 e. The Morgan fingerprint density at radius 3 is 2.65 bits per heavy atom. The molecule has 5 unspecified atom stereocenters. The van der Waals surface area contributed by atoms with Crippen LogP contribution in [0.5, 0.6) is 0 Å². The van der Waals surface area contributed by atoms with E-state index in [0.29, 0.717) is 11.8 Å². The summed E-state index contributed by atoms with van der Waals surface area (Å²) < 4.78 is 5.19. The number of hydrogen-bond acceptors (Lipinski definition) is 3. The lowest BCUT2D eigenvalue weighted by atomic mass is 9.44. The zero-order valence-corrected chi connectivity index (χ0v) is 15.2. The third-order valence-electron chi connectivity index (χ3n) is 7.64. The van der Waals surface area contributed by atoms with Crippen LogP contribution in [0.3, 0.4) is 0 Å². The number of methoxy groups -OCH3 is 1. The molecule has 0 radical (unpaired) electrons. The van der Waals surface area contributed by atoms with Crippen LogP contribution in [-0.4, -0.2) is 24.8 Å². The van der Waals surface area contributed by atoms with E-state index in [1.807, 2.05) is 0 Å². The Kier molecular flexibility index (Phi) is 4.15. The van der Waals surface area contributed by atoms with E-state index in [1.54, 1.807) is 0 Å². The van der Waals surface area contributed by atoms with Crippen LogP contribution in [0.25, 0.3) is 0 Å². The summed E-state index contributed by atoms with van der Waals surface area (Å²) in [5, 5.41) is 10.00. The number of carbonyl (C=O) groups is 1. The predicted octanol–water partition coefficient (Wildman–Crippen LogP) is 4.10. The van der Waals surface area contributed by atoms with Gasteiger partial charge in [0, 0.05) is 6.61 Å². The van der Waals surface area contributed by atoms with Crippen LogP contribution in [0.4, 0.5) is 0 Å². The van der Waals surface area contributed by atoms with Gasteiger partial charge in [-0.1, -0.05) is 31.9 Å². The second-order valence-corrected chi connectivity index (χ2v) is 8.87. The third-order valence-corrected chi connectivity index (χ3v) is 7.64. The predicted molar refractivity (Wildman–Crippen MR) is 90.8 cm³/mol. The molecule has 0 bridgehead atoms. The average Bonchev–Trinajstić information content (AvgIpc) is 2.54. The number of ether oxygens (including phenoxy) is 1. The fourth-order valence-corrected chi connectivity index (χ4v) is 6.24. The van der Waals surface area contributed by atoms with Crippen molar-refractivity contribution in [2.24, 2.45) is 28.1 Å². The number of esters is 1.